The third-order valence-electron chi connectivity index (χ3n) is 1.87. The van der Waals surface area contributed by atoms with Crippen molar-refractivity contribution in [2.75, 3.05) is 6.54 Å². The van der Waals surface area contributed by atoms with Crippen molar-refractivity contribution in [3.05, 3.63) is 35.6 Å². The van der Waals surface area contributed by atoms with Crippen LogP contribution < -0.4 is 5.32 Å². The van der Waals surface area contributed by atoms with Crippen molar-refractivity contribution in [2.45, 2.75) is 12.5 Å². The molecule has 0 aliphatic carbocycles. The minimum absolute atomic E-state index is 0.142. The Bertz CT molecular complexity index is 354. The summed E-state index contributed by atoms with van der Waals surface area (Å²) in [5.74, 6) is -1.14. The fourth-order valence-corrected chi connectivity index (χ4v) is 0.990. The summed E-state index contributed by atoms with van der Waals surface area (Å²) in [6, 6.07) is 4.61. The number of carbonyl (C=O) groups is 1. The summed E-state index contributed by atoms with van der Waals surface area (Å²) in [5, 5.41) is 10.8. The van der Waals surface area contributed by atoms with Crippen LogP contribution in [0.3, 0.4) is 0 Å². The normalized spacial score (nSPS) is 12.6. The minimum Gasteiger partial charge on any atom is -0.385 e. The van der Waals surface area contributed by atoms with Gasteiger partial charge < -0.3 is 10.4 Å². The van der Waals surface area contributed by atoms with E-state index in [1.54, 1.807) is 0 Å². The fraction of sp³-hybridized carbons (Fsp3) is 0.300. The van der Waals surface area contributed by atoms with Gasteiger partial charge >= 0.3 is 0 Å². The van der Waals surface area contributed by atoms with Gasteiger partial charge in [0.2, 0.25) is 0 Å². The maximum Gasteiger partial charge on any atom is 0.265 e. The minimum atomic E-state index is -2.91. The Morgan fingerprint density at radius 1 is 1.31 bits per heavy atom. The van der Waals surface area contributed by atoms with Crippen molar-refractivity contribution in [3.8, 4) is 0 Å². The number of hydrogen-bond acceptors (Lipinski definition) is 2. The molecule has 0 aliphatic rings. The Balaban J connectivity index is 2.50. The lowest BCUT2D eigenvalue weighted by atomic mass is 10.2. The first-order chi connectivity index (χ1) is 7.50. The maximum absolute atomic E-state index is 12.5. The largest absolute Gasteiger partial charge is 0.385 e. The molecule has 0 aromatic heterocycles. The highest BCUT2D eigenvalue weighted by Crippen LogP contribution is 2.03. The molecule has 0 heterocycles. The molecule has 1 rings (SSSR count). The molecule has 0 bridgehead atoms. The predicted molar refractivity (Wildman–Crippen MR) is 50.7 cm³/mol. The van der Waals surface area contributed by atoms with Gasteiger partial charge in [0, 0.05) is 12.1 Å². The number of carbonyl (C=O) groups excluding carboxylic acids is 1. The van der Waals surface area contributed by atoms with Crippen molar-refractivity contribution in [1.82, 2.24) is 5.32 Å². The molecular weight excluding hydrogens is 223 g/mol. The molecule has 1 aromatic carbocycles. The van der Waals surface area contributed by atoms with E-state index in [-0.39, 0.29) is 5.56 Å². The number of nitrogens with one attached hydrogen (secondary N) is 1. The van der Waals surface area contributed by atoms with Gasteiger partial charge in [-0.25, -0.2) is 13.2 Å². The summed E-state index contributed by atoms with van der Waals surface area (Å²) in [6.45, 7) is -0.548. The number of halogens is 3. The summed E-state index contributed by atoms with van der Waals surface area (Å²) in [4.78, 5) is 11.3. The smallest absolute Gasteiger partial charge is 0.265 e. The van der Waals surface area contributed by atoms with E-state index in [1.807, 2.05) is 0 Å². The van der Waals surface area contributed by atoms with Gasteiger partial charge in [-0.05, 0) is 24.3 Å². The van der Waals surface area contributed by atoms with E-state index in [0.717, 1.165) is 12.1 Å². The van der Waals surface area contributed by atoms with Crippen LogP contribution in [-0.4, -0.2) is 30.1 Å². The predicted octanol–water partition coefficient (Wildman–Crippen LogP) is 1.18. The monoisotopic (exact) mass is 233 g/mol. The van der Waals surface area contributed by atoms with Crippen LogP contribution in [0.15, 0.2) is 24.3 Å². The molecule has 16 heavy (non-hydrogen) atoms. The average molecular weight is 233 g/mol. The van der Waals surface area contributed by atoms with E-state index in [1.165, 1.54) is 12.1 Å². The van der Waals surface area contributed by atoms with E-state index in [9.17, 15) is 18.0 Å². The van der Waals surface area contributed by atoms with Gasteiger partial charge in [0.1, 0.15) is 11.9 Å². The van der Waals surface area contributed by atoms with Crippen molar-refractivity contribution in [1.29, 1.82) is 0 Å². The van der Waals surface area contributed by atoms with Crippen LogP contribution in [-0.2, 0) is 0 Å². The number of aliphatic hydroxyl groups is 1. The van der Waals surface area contributed by atoms with Crippen molar-refractivity contribution >= 4 is 5.91 Å². The molecule has 88 valence electrons. The van der Waals surface area contributed by atoms with Crippen LogP contribution in [0.4, 0.5) is 13.2 Å². The summed E-state index contributed by atoms with van der Waals surface area (Å²) in [7, 11) is 0. The van der Waals surface area contributed by atoms with Gasteiger partial charge in [0.05, 0.1) is 0 Å². The van der Waals surface area contributed by atoms with Crippen LogP contribution in [0.1, 0.15) is 10.4 Å². The average Bonchev–Trinajstić information content (AvgIpc) is 2.26. The Kier molecular flexibility index (Phi) is 4.30. The fourth-order valence-electron chi connectivity index (χ4n) is 0.990. The van der Waals surface area contributed by atoms with E-state index >= 15 is 0 Å². The van der Waals surface area contributed by atoms with Gasteiger partial charge in [0.25, 0.3) is 12.3 Å². The molecule has 2 N–H and O–H groups in total. The van der Waals surface area contributed by atoms with Crippen LogP contribution in [0.2, 0.25) is 0 Å². The Morgan fingerprint density at radius 3 is 2.38 bits per heavy atom. The van der Waals surface area contributed by atoms with Crippen molar-refractivity contribution in [2.24, 2.45) is 0 Å². The Hall–Kier alpha value is -1.56. The number of benzene rings is 1. The van der Waals surface area contributed by atoms with Gasteiger partial charge in [0.15, 0.2) is 0 Å². The van der Waals surface area contributed by atoms with Crippen molar-refractivity contribution in [3.63, 3.8) is 0 Å². The lowest BCUT2D eigenvalue weighted by Crippen LogP contribution is -2.35. The lowest BCUT2D eigenvalue weighted by Gasteiger charge is -2.10. The first-order valence-corrected chi connectivity index (χ1v) is 4.50. The third kappa shape index (κ3) is 3.54. The van der Waals surface area contributed by atoms with E-state index in [0.29, 0.717) is 0 Å². The summed E-state index contributed by atoms with van der Waals surface area (Å²) in [6.07, 6.45) is -4.81. The quantitative estimate of drug-likeness (QED) is 0.820. The lowest BCUT2D eigenvalue weighted by molar-refractivity contribution is -0.00270. The second-order valence-corrected chi connectivity index (χ2v) is 3.12. The molecule has 1 atom stereocenters. The molecule has 1 amide bonds. The first kappa shape index (κ1) is 12.5. The van der Waals surface area contributed by atoms with E-state index in [2.05, 4.69) is 5.32 Å². The second kappa shape index (κ2) is 5.50. The SMILES string of the molecule is O=C(NCC(O)C(F)F)c1ccc(F)cc1. The zero-order chi connectivity index (χ0) is 12.1. The molecule has 3 nitrogen and oxygen atoms in total. The number of amides is 1. The van der Waals surface area contributed by atoms with Crippen molar-refractivity contribution < 1.29 is 23.1 Å². The molecule has 1 aromatic rings. The van der Waals surface area contributed by atoms with Gasteiger partial charge in [-0.15, -0.1) is 0 Å². The second-order valence-electron chi connectivity index (χ2n) is 3.12. The molecule has 0 saturated carbocycles. The molecule has 0 saturated heterocycles. The molecular formula is C10H10F3NO2. The molecule has 1 unspecified atom stereocenters. The third-order valence-corrected chi connectivity index (χ3v) is 1.87. The number of alkyl halides is 2. The van der Waals surface area contributed by atoms with E-state index in [4.69, 9.17) is 5.11 Å². The van der Waals surface area contributed by atoms with Gasteiger partial charge in [-0.2, -0.15) is 0 Å². The summed E-state index contributed by atoms with van der Waals surface area (Å²) in [5.41, 5.74) is 0.142. The van der Waals surface area contributed by atoms with Gasteiger partial charge in [-0.1, -0.05) is 0 Å². The van der Waals surface area contributed by atoms with Gasteiger partial charge in [-0.3, -0.25) is 4.79 Å². The topological polar surface area (TPSA) is 49.3 Å². The van der Waals surface area contributed by atoms with Crippen LogP contribution in [0, 0.1) is 5.82 Å². The standard InChI is InChI=1S/C10H10F3NO2/c11-7-3-1-6(2-4-7)10(16)14-5-8(15)9(12)13/h1-4,8-9,15H,5H2,(H,14,16). The molecule has 0 radical (unpaired) electrons. The summed E-state index contributed by atoms with van der Waals surface area (Å²) < 4.78 is 36.3. The van der Waals surface area contributed by atoms with E-state index < -0.39 is 30.8 Å². The number of hydrogen-bond donors (Lipinski definition) is 2. The Labute approximate surface area is 89.9 Å². The van der Waals surface area contributed by atoms with Crippen LogP contribution >= 0.6 is 0 Å². The maximum atomic E-state index is 12.5. The number of rotatable bonds is 4. The molecule has 6 heteroatoms. The highest BCUT2D eigenvalue weighted by molar-refractivity contribution is 5.94. The zero-order valence-corrected chi connectivity index (χ0v) is 8.16. The number of aliphatic hydroxyl groups excluding tert-OH is 1. The Morgan fingerprint density at radius 2 is 1.88 bits per heavy atom. The molecule has 0 fully saturated rings. The summed E-state index contributed by atoms with van der Waals surface area (Å²) >= 11 is 0. The first-order valence-electron chi connectivity index (χ1n) is 4.50. The highest BCUT2D eigenvalue weighted by atomic mass is 19.3. The molecule has 0 aliphatic heterocycles. The van der Waals surface area contributed by atoms with Crippen LogP contribution in [0.5, 0.6) is 0 Å². The zero-order valence-electron chi connectivity index (χ0n) is 8.16. The molecule has 0 spiro atoms. The highest BCUT2D eigenvalue weighted by Gasteiger charge is 2.17. The van der Waals surface area contributed by atoms with Crippen LogP contribution in [0.25, 0.3) is 0 Å².